The van der Waals surface area contributed by atoms with Crippen LogP contribution >= 0.6 is 0 Å². The molecule has 9 fully saturated rings. The number of nitriles is 2. The molecular formula is C91H107F3N22O7. The van der Waals surface area contributed by atoms with E-state index in [0.29, 0.717) is 164 Å². The predicted octanol–water partition coefficient (Wildman–Crippen LogP) is 17.5. The fourth-order valence-electron chi connectivity index (χ4n) is 17.3. The molecule has 9 saturated carbocycles. The van der Waals surface area contributed by atoms with E-state index in [9.17, 15) is 37.1 Å². The summed E-state index contributed by atoms with van der Waals surface area (Å²) in [5, 5.41) is 32.8. The summed E-state index contributed by atoms with van der Waals surface area (Å²) in [6.45, 7) is 9.86. The Hall–Kier alpha value is -11.6. The smallest absolute Gasteiger partial charge is 0.231 e. The molecule has 11 aromatic rings. The van der Waals surface area contributed by atoms with E-state index in [1.807, 2.05) is 83.0 Å². The summed E-state index contributed by atoms with van der Waals surface area (Å²) in [4.78, 5) is 107. The number of halogens is 3. The van der Waals surface area contributed by atoms with Crippen molar-refractivity contribution in [2.45, 2.75) is 281 Å². The van der Waals surface area contributed by atoms with Crippen LogP contribution in [0, 0.1) is 61.1 Å². The fourth-order valence-corrected chi connectivity index (χ4v) is 17.3. The second-order valence-electron chi connectivity index (χ2n) is 35.4. The second kappa shape index (κ2) is 37.2. The molecule has 0 unspecified atom stereocenters. The molecule has 123 heavy (non-hydrogen) atoms. The van der Waals surface area contributed by atoms with Gasteiger partial charge in [0, 0.05) is 60.6 Å². The normalized spacial score (nSPS) is 20.6. The third-order valence-electron chi connectivity index (χ3n) is 25.3. The first-order chi connectivity index (χ1) is 59.4. The van der Waals surface area contributed by atoms with Gasteiger partial charge in [0.05, 0.1) is 44.7 Å². The van der Waals surface area contributed by atoms with Crippen LogP contribution in [0.15, 0.2) is 85.1 Å². The van der Waals surface area contributed by atoms with Gasteiger partial charge in [0.15, 0.2) is 28.2 Å². The maximum Gasteiger partial charge on any atom is 0.231 e. The van der Waals surface area contributed by atoms with E-state index in [1.54, 1.807) is 44.3 Å². The van der Waals surface area contributed by atoms with Crippen molar-refractivity contribution in [1.82, 2.24) is 72.7 Å². The minimum atomic E-state index is -1.12. The quantitative estimate of drug-likeness (QED) is 0.0375. The van der Waals surface area contributed by atoms with Gasteiger partial charge in [-0.3, -0.25) is 73.4 Å². The number of pyridine rings is 5. The van der Waals surface area contributed by atoms with Crippen LogP contribution in [-0.2, 0) is 39.9 Å². The summed E-state index contributed by atoms with van der Waals surface area (Å²) in [6, 6.07) is 28.7. The number of nitrogens with zero attached hydrogens (tertiary/aromatic N) is 17. The summed E-state index contributed by atoms with van der Waals surface area (Å²) in [5.41, 5.74) is 9.45. The predicted molar refractivity (Wildman–Crippen MR) is 459 cm³/mol. The molecule has 20 rings (SSSR count). The summed E-state index contributed by atoms with van der Waals surface area (Å²) in [6.07, 6.45) is 29.2. The molecule has 0 aliphatic heterocycles. The maximum atomic E-state index is 13.6. The van der Waals surface area contributed by atoms with E-state index in [1.165, 1.54) is 44.2 Å². The molecule has 0 spiro atoms. The summed E-state index contributed by atoms with van der Waals surface area (Å²) in [5.74, 6) is 2.08. The van der Waals surface area contributed by atoms with E-state index >= 15 is 0 Å². The molecule has 0 atom stereocenters. The lowest BCUT2D eigenvalue weighted by Gasteiger charge is -2.38. The number of aryl methyl sites for hydroxylation is 3. The van der Waals surface area contributed by atoms with Crippen LogP contribution in [-0.4, -0.2) is 139 Å². The van der Waals surface area contributed by atoms with Gasteiger partial charge in [0.2, 0.25) is 59.3 Å². The average Bonchev–Trinajstić information content (AvgIpc) is 1.65. The molecular weight excluding hydrogens is 1570 g/mol. The number of fused-ring (bicyclic) bond motifs is 5. The third-order valence-corrected chi connectivity index (χ3v) is 25.3. The number of imidazole rings is 5. The highest BCUT2D eigenvalue weighted by atomic mass is 19.1. The largest absolute Gasteiger partial charge is 0.378 e. The topological polar surface area (TPSA) is 365 Å². The van der Waals surface area contributed by atoms with Gasteiger partial charge < -0.3 is 9.47 Å². The van der Waals surface area contributed by atoms with Gasteiger partial charge in [-0.1, -0.05) is 6.07 Å². The van der Waals surface area contributed by atoms with Crippen molar-refractivity contribution in [3.63, 3.8) is 0 Å². The van der Waals surface area contributed by atoms with Crippen molar-refractivity contribution in [2.75, 3.05) is 39.8 Å². The van der Waals surface area contributed by atoms with Crippen LogP contribution in [0.25, 0.3) is 55.8 Å². The Morgan fingerprint density at radius 2 is 0.756 bits per heavy atom. The van der Waals surface area contributed by atoms with Gasteiger partial charge >= 0.3 is 0 Å². The Balaban J connectivity index is 0.000000114. The molecule has 9 aliphatic rings. The summed E-state index contributed by atoms with van der Waals surface area (Å²) < 4.78 is 62.1. The highest BCUT2D eigenvalue weighted by Gasteiger charge is 2.43. The van der Waals surface area contributed by atoms with Crippen LogP contribution in [0.2, 0.25) is 0 Å². The number of nitrogens with one attached hydrogen (secondary N) is 5. The highest BCUT2D eigenvalue weighted by molar-refractivity contribution is 5.95. The SMILES string of the molecule is CC1(F)CC(CC(=O)Nc2nc3ccc(C#N)nc3n2C2CCC2)C1.Cc1cc(F)cc(CC(=O)Nc2nc3cccnc3n2C2CCC2)c1.Cc1ccc2nc(NC(=O)CC3CC(C)(F)C3)n(C3CCC3)c2n1.Cc1ccc2nc(NC(=O)CCOC3CCC3)n(C3CCC3)c2n1.N#Cc1ccc2nc(NC(=O)CCOC3CCC3)n(C3CCC3)c2n1. The lowest BCUT2D eigenvalue weighted by molar-refractivity contribution is -0.120. The lowest BCUT2D eigenvalue weighted by atomic mass is 9.72. The highest BCUT2D eigenvalue weighted by Crippen LogP contribution is 2.46. The van der Waals surface area contributed by atoms with Crippen molar-refractivity contribution in [2.24, 2.45) is 11.8 Å². The first kappa shape index (κ1) is 84.9. The number of aromatic nitrogens is 15. The molecule has 32 heteroatoms. The van der Waals surface area contributed by atoms with Crippen molar-refractivity contribution < 1.29 is 46.6 Å². The van der Waals surface area contributed by atoms with Crippen molar-refractivity contribution >= 4 is 115 Å². The number of alkyl halides is 2. The fraction of sp³-hybridized carbons (Fsp3) is 0.527. The molecule has 0 saturated heterocycles. The number of hydrogen-bond acceptors (Lipinski definition) is 19. The van der Waals surface area contributed by atoms with Gasteiger partial charge in [0.1, 0.15) is 68.3 Å². The number of carbonyl (C=O) groups excluding carboxylic acids is 5. The molecule has 5 amide bonds. The number of benzene rings is 1. The van der Waals surface area contributed by atoms with Gasteiger partial charge in [-0.25, -0.2) is 63.0 Å². The third kappa shape index (κ3) is 20.2. The second-order valence-corrected chi connectivity index (χ2v) is 35.4. The van der Waals surface area contributed by atoms with Gasteiger partial charge in [-0.05, 0) is 291 Å². The number of rotatable bonds is 24. The lowest BCUT2D eigenvalue weighted by Crippen LogP contribution is -2.38. The van der Waals surface area contributed by atoms with Crippen LogP contribution < -0.4 is 26.6 Å². The number of ether oxygens (including phenoxy) is 2. The molecule has 0 bridgehead atoms. The van der Waals surface area contributed by atoms with Crippen LogP contribution in [0.3, 0.4) is 0 Å². The van der Waals surface area contributed by atoms with E-state index in [4.69, 9.17) is 20.0 Å². The zero-order valence-corrected chi connectivity index (χ0v) is 70.5. The first-order valence-corrected chi connectivity index (χ1v) is 43.9. The van der Waals surface area contributed by atoms with Gasteiger partial charge in [-0.15, -0.1) is 0 Å². The molecule has 9 aliphatic carbocycles. The number of anilines is 5. The Kier molecular flexibility index (Phi) is 25.7. The molecule has 1 aromatic carbocycles. The van der Waals surface area contributed by atoms with Crippen molar-refractivity contribution in [3.05, 3.63) is 125 Å². The molecule has 10 aromatic heterocycles. The molecule has 5 N–H and O–H groups in total. The van der Waals surface area contributed by atoms with Gasteiger partial charge in [0.25, 0.3) is 0 Å². The van der Waals surface area contributed by atoms with Crippen molar-refractivity contribution in [3.8, 4) is 12.1 Å². The molecule has 10 heterocycles. The molecule has 644 valence electrons. The average molecular weight is 1680 g/mol. The summed E-state index contributed by atoms with van der Waals surface area (Å²) in [7, 11) is 0. The Bertz CT molecular complexity index is 5790. The number of hydrogen-bond donors (Lipinski definition) is 5. The Morgan fingerprint density at radius 1 is 0.423 bits per heavy atom. The first-order valence-electron chi connectivity index (χ1n) is 43.9. The maximum absolute atomic E-state index is 13.6. The van der Waals surface area contributed by atoms with E-state index in [2.05, 4.69) is 91.6 Å². The van der Waals surface area contributed by atoms with Crippen LogP contribution in [0.1, 0.15) is 264 Å². The monoisotopic (exact) mass is 1680 g/mol. The number of carbonyl (C=O) groups is 5. The Morgan fingerprint density at radius 3 is 1.09 bits per heavy atom. The molecule has 29 nitrogen and oxygen atoms in total. The van der Waals surface area contributed by atoms with Crippen molar-refractivity contribution in [1.29, 1.82) is 10.5 Å². The minimum Gasteiger partial charge on any atom is -0.378 e. The Labute approximate surface area is 711 Å². The van der Waals surface area contributed by atoms with E-state index in [-0.39, 0.29) is 65.7 Å². The van der Waals surface area contributed by atoms with Crippen LogP contribution in [0.4, 0.5) is 42.9 Å². The zero-order chi connectivity index (χ0) is 85.6. The zero-order valence-electron chi connectivity index (χ0n) is 70.5. The number of amides is 5. The van der Waals surface area contributed by atoms with E-state index in [0.717, 1.165) is 153 Å². The molecule has 0 radical (unpaired) electrons. The summed E-state index contributed by atoms with van der Waals surface area (Å²) >= 11 is 0. The van der Waals surface area contributed by atoms with E-state index < -0.39 is 11.3 Å². The minimum absolute atomic E-state index is 0.0399. The van der Waals surface area contributed by atoms with Gasteiger partial charge in [-0.2, -0.15) is 10.5 Å². The van der Waals surface area contributed by atoms with Crippen LogP contribution in [0.5, 0.6) is 0 Å². The standard InChI is InChI=1S/C19H19FN4O.C18H20FN5O.C18H23FN4O.C18H21N5O2.C18H24N4O2/c1-12-8-13(10-14(20)9-12)11-17(25)23-19-22-16-6-3-7-21-18(16)24(19)15-4-2-5-15;1-18(19)8-11(9-18)7-15(25)23-17-22-14-6-5-12(10-20)21-16(14)24(17)13-3-2-4-13;1-11-6-7-14-16(20-11)23(13-4-3-5-13)17(21-14)22-15(24)8-12-9-18(2,19)10-12;19-11-12-7-8-15-17(20-12)23(13-3-1-4-13)18(21-15)22-16(24)9-10-25-14-5-2-6-14;1-12-8-9-15-17(19-12)22(13-4-2-5-13)18(20-15)21-16(23)10-11-24-14-6-3-7-14/h3,6-10,15H,2,4-5,11H2,1H3,(H,22,23,25);5-6,11,13H,2-4,7-9H2,1H3,(H,22,23,25);6-7,12-13H,3-5,8-10H2,1-2H3,(H,21,22,24);7-8,13-14H,1-6,9-10H2,(H,21,22,24);8-9,13-14H,2-7,10-11H2,1H3,(H,20,21,23).